The lowest BCUT2D eigenvalue weighted by Crippen LogP contribution is -2.30. The van der Waals surface area contributed by atoms with Crippen LogP contribution in [0.15, 0.2) is 84.9 Å². The van der Waals surface area contributed by atoms with E-state index < -0.39 is 12.1 Å². The van der Waals surface area contributed by atoms with Crippen LogP contribution in [0.3, 0.4) is 0 Å². The number of methoxy groups -OCH3 is 1. The quantitative estimate of drug-likeness (QED) is 0.331. The summed E-state index contributed by atoms with van der Waals surface area (Å²) in [6.07, 6.45) is -0.698. The van der Waals surface area contributed by atoms with Gasteiger partial charge in [0.1, 0.15) is 11.5 Å². The number of hydrogen-bond donors (Lipinski definition) is 1. The Balaban J connectivity index is 1.62. The fraction of sp³-hybridized carbons (Fsp3) is 0.179. The van der Waals surface area contributed by atoms with Crippen LogP contribution in [-0.2, 0) is 9.53 Å². The first kappa shape index (κ1) is 24.5. The number of nitrogens with one attached hydrogen (secondary N) is 1. The maximum absolute atomic E-state index is 12.8. The highest BCUT2D eigenvalue weighted by Gasteiger charge is 2.19. The minimum Gasteiger partial charge on any atom is -0.497 e. The van der Waals surface area contributed by atoms with E-state index in [0.717, 1.165) is 11.3 Å². The minimum atomic E-state index is -0.698. The molecule has 8 nitrogen and oxygen atoms in total. The molecule has 1 atom stereocenters. The number of amides is 1. The zero-order valence-corrected chi connectivity index (χ0v) is 20.3. The highest BCUT2D eigenvalue weighted by Crippen LogP contribution is 2.28. The van der Waals surface area contributed by atoms with Crippen LogP contribution in [0.5, 0.6) is 11.5 Å². The van der Waals surface area contributed by atoms with Crippen LogP contribution in [0.2, 0.25) is 0 Å². The monoisotopic (exact) mass is 485 g/mol. The van der Waals surface area contributed by atoms with Gasteiger partial charge in [-0.2, -0.15) is 5.10 Å². The smallest absolute Gasteiger partial charge is 0.358 e. The summed E-state index contributed by atoms with van der Waals surface area (Å²) in [6, 6.07) is 25.5. The number of esters is 1. The zero-order chi connectivity index (χ0) is 25.5. The van der Waals surface area contributed by atoms with E-state index in [1.807, 2.05) is 60.7 Å². The van der Waals surface area contributed by atoms with E-state index in [1.165, 1.54) is 0 Å². The van der Waals surface area contributed by atoms with Gasteiger partial charge in [-0.3, -0.25) is 4.79 Å². The minimum absolute atomic E-state index is 0.182. The van der Waals surface area contributed by atoms with Gasteiger partial charge in [0.25, 0.3) is 5.91 Å². The van der Waals surface area contributed by atoms with Crippen LogP contribution in [0.25, 0.3) is 16.9 Å². The van der Waals surface area contributed by atoms with Crippen LogP contribution in [-0.4, -0.2) is 41.5 Å². The molecule has 4 aromatic rings. The van der Waals surface area contributed by atoms with E-state index in [2.05, 4.69) is 10.4 Å². The van der Waals surface area contributed by atoms with Crippen molar-refractivity contribution in [1.29, 1.82) is 0 Å². The molecular weight excluding hydrogens is 458 g/mol. The Labute approximate surface area is 209 Å². The molecule has 0 bridgehead atoms. The lowest BCUT2D eigenvalue weighted by molar-refractivity contribution is -0.122. The van der Waals surface area contributed by atoms with Crippen LogP contribution < -0.4 is 14.8 Å². The molecule has 0 aliphatic rings. The summed E-state index contributed by atoms with van der Waals surface area (Å²) in [4.78, 5) is 25.2. The highest BCUT2D eigenvalue weighted by atomic mass is 16.5. The number of nitrogens with zero attached hydrogens (tertiary/aromatic N) is 2. The van der Waals surface area contributed by atoms with Crippen molar-refractivity contribution in [2.24, 2.45) is 0 Å². The van der Waals surface area contributed by atoms with Crippen molar-refractivity contribution >= 4 is 17.6 Å². The molecular formula is C28H27N3O5. The van der Waals surface area contributed by atoms with Crippen LogP contribution in [0.4, 0.5) is 5.69 Å². The van der Waals surface area contributed by atoms with Crippen molar-refractivity contribution < 1.29 is 23.8 Å². The van der Waals surface area contributed by atoms with Crippen molar-refractivity contribution in [2.75, 3.05) is 19.0 Å². The Kier molecular flexibility index (Phi) is 7.65. The molecule has 0 aliphatic carbocycles. The number of rotatable bonds is 9. The van der Waals surface area contributed by atoms with Gasteiger partial charge in [-0.25, -0.2) is 9.48 Å². The van der Waals surface area contributed by atoms with E-state index in [1.54, 1.807) is 49.9 Å². The van der Waals surface area contributed by atoms with Gasteiger partial charge in [-0.05, 0) is 68.4 Å². The molecule has 4 rings (SSSR count). The summed E-state index contributed by atoms with van der Waals surface area (Å²) in [6.45, 7) is 3.68. The van der Waals surface area contributed by atoms with Crippen LogP contribution >= 0.6 is 0 Å². The number of aromatic nitrogens is 2. The van der Waals surface area contributed by atoms with Crippen LogP contribution in [0, 0.1) is 0 Å². The normalized spacial score (nSPS) is 11.4. The average molecular weight is 486 g/mol. The SMILES string of the molecule is CCOC(=O)c1cc(-c2cccc(NC(=O)[C@@H](C)Oc3ccccc3)c2)n(-c2ccc(OC)cc2)n1. The molecule has 0 aliphatic heterocycles. The van der Waals surface area contributed by atoms with Crippen molar-refractivity contribution in [3.05, 3.63) is 90.6 Å². The Bertz CT molecular complexity index is 1330. The van der Waals surface area contributed by atoms with Gasteiger partial charge in [0.05, 0.1) is 25.1 Å². The molecule has 1 aromatic heterocycles. The van der Waals surface area contributed by atoms with E-state index >= 15 is 0 Å². The Hall–Kier alpha value is -4.59. The van der Waals surface area contributed by atoms with Gasteiger partial charge < -0.3 is 19.5 Å². The summed E-state index contributed by atoms with van der Waals surface area (Å²) in [5.41, 5.74) is 2.92. The predicted octanol–water partition coefficient (Wildman–Crippen LogP) is 5.13. The topological polar surface area (TPSA) is 91.7 Å². The first-order valence-corrected chi connectivity index (χ1v) is 11.5. The zero-order valence-electron chi connectivity index (χ0n) is 20.3. The van der Waals surface area contributed by atoms with E-state index in [4.69, 9.17) is 14.2 Å². The second kappa shape index (κ2) is 11.2. The third-order valence-corrected chi connectivity index (χ3v) is 5.36. The largest absolute Gasteiger partial charge is 0.497 e. The third kappa shape index (κ3) is 5.72. The lowest BCUT2D eigenvalue weighted by Gasteiger charge is -2.15. The first-order chi connectivity index (χ1) is 17.5. The second-order valence-corrected chi connectivity index (χ2v) is 7.89. The molecule has 36 heavy (non-hydrogen) atoms. The van der Waals surface area contributed by atoms with E-state index in [9.17, 15) is 9.59 Å². The fourth-order valence-electron chi connectivity index (χ4n) is 3.57. The Morgan fingerprint density at radius 3 is 2.39 bits per heavy atom. The molecule has 8 heteroatoms. The van der Waals surface area contributed by atoms with Gasteiger partial charge in [0, 0.05) is 11.3 Å². The van der Waals surface area contributed by atoms with E-state index in [0.29, 0.717) is 22.9 Å². The molecule has 0 fully saturated rings. The number of carbonyl (C=O) groups is 2. The molecule has 1 heterocycles. The molecule has 0 saturated heterocycles. The van der Waals surface area contributed by atoms with Crippen molar-refractivity contribution in [1.82, 2.24) is 9.78 Å². The summed E-state index contributed by atoms with van der Waals surface area (Å²) in [7, 11) is 1.60. The number of hydrogen-bond acceptors (Lipinski definition) is 6. The van der Waals surface area contributed by atoms with Gasteiger partial charge in [0.2, 0.25) is 0 Å². The molecule has 0 saturated carbocycles. The molecule has 184 valence electrons. The molecule has 1 amide bonds. The number of para-hydroxylation sites is 1. The molecule has 0 unspecified atom stereocenters. The van der Waals surface area contributed by atoms with Gasteiger partial charge in [-0.15, -0.1) is 0 Å². The fourth-order valence-corrected chi connectivity index (χ4v) is 3.57. The van der Waals surface area contributed by atoms with Gasteiger partial charge in [0.15, 0.2) is 11.8 Å². The third-order valence-electron chi connectivity index (χ3n) is 5.36. The molecule has 0 spiro atoms. The van der Waals surface area contributed by atoms with E-state index in [-0.39, 0.29) is 18.2 Å². The number of anilines is 1. The van der Waals surface area contributed by atoms with Crippen molar-refractivity contribution in [2.45, 2.75) is 20.0 Å². The standard InChI is InChI=1S/C28H27N3O5/c1-4-35-28(33)25-18-26(31(30-25)22-13-15-23(34-3)16-14-22)20-9-8-10-21(17-20)29-27(32)19(2)36-24-11-6-5-7-12-24/h5-19H,4H2,1-3H3,(H,29,32)/t19-/m1/s1. The van der Waals surface area contributed by atoms with Gasteiger partial charge >= 0.3 is 5.97 Å². The highest BCUT2D eigenvalue weighted by molar-refractivity contribution is 5.95. The predicted molar refractivity (Wildman–Crippen MR) is 137 cm³/mol. The van der Waals surface area contributed by atoms with Gasteiger partial charge in [-0.1, -0.05) is 30.3 Å². The van der Waals surface area contributed by atoms with Crippen molar-refractivity contribution in [3.8, 4) is 28.4 Å². The van der Waals surface area contributed by atoms with Crippen molar-refractivity contribution in [3.63, 3.8) is 0 Å². The summed E-state index contributed by atoms with van der Waals surface area (Å²) in [5.74, 6) is 0.521. The lowest BCUT2D eigenvalue weighted by atomic mass is 10.1. The second-order valence-electron chi connectivity index (χ2n) is 7.89. The maximum Gasteiger partial charge on any atom is 0.358 e. The summed E-state index contributed by atoms with van der Waals surface area (Å²) in [5, 5.41) is 7.39. The van der Waals surface area contributed by atoms with Crippen LogP contribution in [0.1, 0.15) is 24.3 Å². The number of benzene rings is 3. The summed E-state index contributed by atoms with van der Waals surface area (Å²) >= 11 is 0. The summed E-state index contributed by atoms with van der Waals surface area (Å²) < 4.78 is 17.8. The number of ether oxygens (including phenoxy) is 3. The Morgan fingerprint density at radius 1 is 0.944 bits per heavy atom. The Morgan fingerprint density at radius 2 is 1.69 bits per heavy atom. The molecule has 3 aromatic carbocycles. The number of carbonyl (C=O) groups excluding carboxylic acids is 2. The molecule has 0 radical (unpaired) electrons. The first-order valence-electron chi connectivity index (χ1n) is 11.5. The molecule has 1 N–H and O–H groups in total. The maximum atomic E-state index is 12.8. The average Bonchev–Trinajstić information content (AvgIpc) is 3.35.